The third kappa shape index (κ3) is 5.86. The fourth-order valence-corrected chi connectivity index (χ4v) is 3.91. The molecule has 1 heterocycles. The summed E-state index contributed by atoms with van der Waals surface area (Å²) >= 11 is 1.23. The first-order valence-electron chi connectivity index (χ1n) is 6.35. The van der Waals surface area contributed by atoms with Gasteiger partial charge in [-0.15, -0.1) is 11.3 Å². The summed E-state index contributed by atoms with van der Waals surface area (Å²) in [7, 11) is -1.91. The van der Waals surface area contributed by atoms with Gasteiger partial charge in [-0.05, 0) is 24.3 Å². The van der Waals surface area contributed by atoms with E-state index in [0.29, 0.717) is 37.7 Å². The monoisotopic (exact) mass is 323 g/mol. The van der Waals surface area contributed by atoms with Crippen LogP contribution in [0.2, 0.25) is 0 Å². The van der Waals surface area contributed by atoms with Crippen molar-refractivity contribution in [2.24, 2.45) is 0 Å². The maximum absolute atomic E-state index is 12.0. The molecule has 0 saturated heterocycles. The first-order chi connectivity index (χ1) is 9.61. The summed E-state index contributed by atoms with van der Waals surface area (Å²) in [5.74, 6) is 0. The summed E-state index contributed by atoms with van der Waals surface area (Å²) in [5.41, 5.74) is 0. The summed E-state index contributed by atoms with van der Waals surface area (Å²) in [6, 6.07) is 1.51. The van der Waals surface area contributed by atoms with Crippen molar-refractivity contribution in [3.05, 3.63) is 16.3 Å². The van der Waals surface area contributed by atoms with Crippen LogP contribution in [-0.4, -0.2) is 47.0 Å². The fraction of sp³-hybridized carbons (Fsp3) is 0.667. The van der Waals surface area contributed by atoms with E-state index in [1.807, 2.05) is 0 Å². The van der Waals surface area contributed by atoms with Gasteiger partial charge in [-0.25, -0.2) is 13.1 Å². The van der Waals surface area contributed by atoms with E-state index < -0.39 is 10.0 Å². The van der Waals surface area contributed by atoms with E-state index in [0.717, 1.165) is 6.42 Å². The molecule has 0 bridgehead atoms. The Bertz CT molecular complexity index is 472. The SMILES string of the molecule is COCCOCCCCNS(=O)(=O)c1ccsc1CO. The Morgan fingerprint density at radius 3 is 2.80 bits per heavy atom. The number of ether oxygens (including phenoxy) is 2. The van der Waals surface area contributed by atoms with Crippen molar-refractivity contribution in [1.82, 2.24) is 4.72 Å². The van der Waals surface area contributed by atoms with Crippen LogP contribution in [0.15, 0.2) is 16.3 Å². The van der Waals surface area contributed by atoms with Gasteiger partial charge in [0.1, 0.15) is 0 Å². The number of sulfonamides is 1. The molecular weight excluding hydrogens is 302 g/mol. The number of nitrogens with one attached hydrogen (secondary N) is 1. The number of methoxy groups -OCH3 is 1. The molecule has 1 aromatic heterocycles. The van der Waals surface area contributed by atoms with E-state index in [-0.39, 0.29) is 11.5 Å². The Morgan fingerprint density at radius 1 is 1.30 bits per heavy atom. The van der Waals surface area contributed by atoms with Crippen LogP contribution < -0.4 is 4.72 Å². The van der Waals surface area contributed by atoms with Gasteiger partial charge in [0.25, 0.3) is 0 Å². The van der Waals surface area contributed by atoms with Crippen molar-refractivity contribution in [3.8, 4) is 0 Å². The van der Waals surface area contributed by atoms with Gasteiger partial charge in [-0.2, -0.15) is 0 Å². The largest absolute Gasteiger partial charge is 0.391 e. The topological polar surface area (TPSA) is 84.9 Å². The zero-order valence-corrected chi connectivity index (χ0v) is 13.1. The molecule has 0 saturated carbocycles. The highest BCUT2D eigenvalue weighted by Gasteiger charge is 2.18. The van der Waals surface area contributed by atoms with Crippen LogP contribution in [0.4, 0.5) is 0 Å². The maximum atomic E-state index is 12.0. The normalized spacial score (nSPS) is 11.9. The van der Waals surface area contributed by atoms with Crippen LogP contribution in [0.25, 0.3) is 0 Å². The van der Waals surface area contributed by atoms with E-state index >= 15 is 0 Å². The minimum atomic E-state index is -3.52. The Kier molecular flexibility index (Phi) is 8.27. The second kappa shape index (κ2) is 9.43. The number of hydrogen-bond acceptors (Lipinski definition) is 6. The number of thiophene rings is 1. The molecule has 2 N–H and O–H groups in total. The van der Waals surface area contributed by atoms with Crippen molar-refractivity contribution in [1.29, 1.82) is 0 Å². The minimum absolute atomic E-state index is 0.168. The van der Waals surface area contributed by atoms with Gasteiger partial charge >= 0.3 is 0 Å². The zero-order chi connectivity index (χ0) is 14.8. The van der Waals surface area contributed by atoms with Crippen molar-refractivity contribution in [2.75, 3.05) is 33.5 Å². The molecule has 1 aromatic rings. The Labute approximate surface area is 123 Å². The molecule has 0 amide bonds. The number of aliphatic hydroxyl groups excluding tert-OH is 1. The first kappa shape index (κ1) is 17.5. The Hall–Kier alpha value is -0.510. The predicted octanol–water partition coefficient (Wildman–Crippen LogP) is 0.962. The highest BCUT2D eigenvalue weighted by atomic mass is 32.2. The van der Waals surface area contributed by atoms with E-state index in [1.54, 1.807) is 12.5 Å². The lowest BCUT2D eigenvalue weighted by Gasteiger charge is -2.07. The van der Waals surface area contributed by atoms with Gasteiger partial charge in [-0.3, -0.25) is 0 Å². The van der Waals surface area contributed by atoms with Gasteiger partial charge in [0.15, 0.2) is 0 Å². The van der Waals surface area contributed by atoms with E-state index in [9.17, 15) is 8.42 Å². The molecule has 6 nitrogen and oxygen atoms in total. The van der Waals surface area contributed by atoms with Crippen LogP contribution in [-0.2, 0) is 26.1 Å². The number of unbranched alkanes of at least 4 members (excludes halogenated alkanes) is 1. The molecule has 8 heteroatoms. The third-order valence-electron chi connectivity index (χ3n) is 2.58. The molecule has 0 spiro atoms. The molecular formula is C12H21NO5S2. The Morgan fingerprint density at radius 2 is 2.10 bits per heavy atom. The molecule has 116 valence electrons. The summed E-state index contributed by atoms with van der Waals surface area (Å²) in [6.45, 7) is 1.80. The predicted molar refractivity (Wildman–Crippen MR) is 77.4 cm³/mol. The molecule has 0 aromatic carbocycles. The number of aliphatic hydroxyl groups is 1. The van der Waals surface area contributed by atoms with Gasteiger partial charge in [-0.1, -0.05) is 0 Å². The van der Waals surface area contributed by atoms with Crippen molar-refractivity contribution in [3.63, 3.8) is 0 Å². The lowest BCUT2D eigenvalue weighted by atomic mass is 10.3. The van der Waals surface area contributed by atoms with Crippen molar-refractivity contribution < 1.29 is 23.0 Å². The van der Waals surface area contributed by atoms with Gasteiger partial charge < -0.3 is 14.6 Å². The second-order valence-corrected chi connectivity index (χ2v) is 6.81. The standard InChI is InChI=1S/C12H21NO5S2/c1-17-7-8-18-6-3-2-5-13-20(15,16)12-4-9-19-11(12)10-14/h4,9,13-14H,2-3,5-8,10H2,1H3. The highest BCUT2D eigenvalue weighted by molar-refractivity contribution is 7.89. The average molecular weight is 323 g/mol. The van der Waals surface area contributed by atoms with Gasteiger partial charge in [0, 0.05) is 25.1 Å². The van der Waals surface area contributed by atoms with Crippen LogP contribution in [0.1, 0.15) is 17.7 Å². The van der Waals surface area contributed by atoms with Crippen molar-refractivity contribution >= 4 is 21.4 Å². The van der Waals surface area contributed by atoms with E-state index in [2.05, 4.69) is 4.72 Å². The molecule has 20 heavy (non-hydrogen) atoms. The average Bonchev–Trinajstić information content (AvgIpc) is 2.91. The molecule has 1 rings (SSSR count). The molecule has 0 unspecified atom stereocenters. The number of hydrogen-bond donors (Lipinski definition) is 2. The van der Waals surface area contributed by atoms with Gasteiger partial charge in [0.2, 0.25) is 10.0 Å². The van der Waals surface area contributed by atoms with E-state index in [1.165, 1.54) is 17.4 Å². The van der Waals surface area contributed by atoms with Crippen LogP contribution in [0.5, 0.6) is 0 Å². The fourth-order valence-electron chi connectivity index (χ4n) is 1.54. The summed E-state index contributed by atoms with van der Waals surface area (Å²) < 4.78 is 36.6. The van der Waals surface area contributed by atoms with Crippen LogP contribution in [0.3, 0.4) is 0 Å². The van der Waals surface area contributed by atoms with Crippen LogP contribution >= 0.6 is 11.3 Å². The summed E-state index contributed by atoms with van der Waals surface area (Å²) in [6.07, 6.45) is 1.48. The lowest BCUT2D eigenvalue weighted by Crippen LogP contribution is -2.25. The third-order valence-corrected chi connectivity index (χ3v) is 5.16. The van der Waals surface area contributed by atoms with E-state index in [4.69, 9.17) is 14.6 Å². The molecule has 0 aliphatic rings. The number of rotatable bonds is 11. The maximum Gasteiger partial charge on any atom is 0.241 e. The van der Waals surface area contributed by atoms with Crippen LogP contribution in [0, 0.1) is 0 Å². The highest BCUT2D eigenvalue weighted by Crippen LogP contribution is 2.21. The Balaban J connectivity index is 2.24. The minimum Gasteiger partial charge on any atom is -0.391 e. The van der Waals surface area contributed by atoms with Crippen molar-refractivity contribution in [2.45, 2.75) is 24.3 Å². The summed E-state index contributed by atoms with van der Waals surface area (Å²) in [4.78, 5) is 0.627. The second-order valence-electron chi connectivity index (χ2n) is 4.08. The molecule has 0 fully saturated rings. The first-order valence-corrected chi connectivity index (χ1v) is 8.71. The molecule has 0 aliphatic carbocycles. The lowest BCUT2D eigenvalue weighted by molar-refractivity contribution is 0.0689. The van der Waals surface area contributed by atoms with Gasteiger partial charge in [0.05, 0.1) is 24.7 Å². The molecule has 0 radical (unpaired) electrons. The summed E-state index contributed by atoms with van der Waals surface area (Å²) in [5, 5.41) is 10.7. The quantitative estimate of drug-likeness (QED) is 0.593. The molecule has 0 atom stereocenters. The molecule has 0 aliphatic heterocycles. The zero-order valence-electron chi connectivity index (χ0n) is 11.5. The smallest absolute Gasteiger partial charge is 0.241 e.